The van der Waals surface area contributed by atoms with Gasteiger partial charge in [-0.3, -0.25) is 0 Å². The van der Waals surface area contributed by atoms with Crippen LogP contribution in [0.4, 0.5) is 24.8 Å². The molecule has 0 amide bonds. The number of aromatic nitrogens is 2. The first kappa shape index (κ1) is 22.0. The Morgan fingerprint density at radius 3 is 2.43 bits per heavy atom. The van der Waals surface area contributed by atoms with E-state index in [2.05, 4.69) is 16.9 Å². The first-order chi connectivity index (χ1) is 13.4. The van der Waals surface area contributed by atoms with Crippen LogP contribution in [0.1, 0.15) is 57.6 Å². The highest BCUT2D eigenvalue weighted by atomic mass is 19.4. The Hall–Kier alpha value is -2.31. The predicted octanol–water partition coefficient (Wildman–Crippen LogP) is 6.17. The largest absolute Gasteiger partial charge is 0.477 e. The topological polar surface area (TPSA) is 38.2 Å². The van der Waals surface area contributed by atoms with Crippen LogP contribution >= 0.6 is 0 Å². The molecule has 0 bridgehead atoms. The summed E-state index contributed by atoms with van der Waals surface area (Å²) in [4.78, 5) is 10.00. The SMILES string of the molecule is CCCCCOc1nc(N(CC)c2ccccc2CCC)ncc1C(F)(F)F. The molecule has 0 saturated heterocycles. The molecule has 0 fully saturated rings. The molecule has 7 heteroatoms. The van der Waals surface area contributed by atoms with Crippen molar-refractivity contribution in [3.05, 3.63) is 41.6 Å². The van der Waals surface area contributed by atoms with Gasteiger partial charge < -0.3 is 9.64 Å². The summed E-state index contributed by atoms with van der Waals surface area (Å²) in [5, 5.41) is 0. The third-order valence-corrected chi connectivity index (χ3v) is 4.39. The highest BCUT2D eigenvalue weighted by Gasteiger charge is 2.36. The van der Waals surface area contributed by atoms with E-state index >= 15 is 0 Å². The van der Waals surface area contributed by atoms with Gasteiger partial charge in [0.05, 0.1) is 6.61 Å². The molecule has 0 spiro atoms. The van der Waals surface area contributed by atoms with E-state index in [9.17, 15) is 13.2 Å². The number of benzene rings is 1. The van der Waals surface area contributed by atoms with Crippen molar-refractivity contribution in [1.29, 1.82) is 0 Å². The van der Waals surface area contributed by atoms with E-state index in [1.165, 1.54) is 0 Å². The summed E-state index contributed by atoms with van der Waals surface area (Å²) in [5.74, 6) is -0.190. The van der Waals surface area contributed by atoms with Crippen LogP contribution in [0.3, 0.4) is 0 Å². The standard InChI is InChI=1S/C21H28F3N3O/c1-4-7-10-14-28-19-17(21(22,23)24)15-25-20(26-19)27(6-3)18-13-9-8-12-16(18)11-5-2/h8-9,12-13,15H,4-7,10-11,14H2,1-3H3. The molecule has 0 aliphatic rings. The Labute approximate surface area is 164 Å². The van der Waals surface area contributed by atoms with Crippen molar-refractivity contribution >= 4 is 11.6 Å². The van der Waals surface area contributed by atoms with Crippen LogP contribution in [0.15, 0.2) is 30.5 Å². The number of unbranched alkanes of at least 4 members (excludes halogenated alkanes) is 2. The summed E-state index contributed by atoms with van der Waals surface area (Å²) >= 11 is 0. The number of rotatable bonds is 10. The minimum Gasteiger partial charge on any atom is -0.477 e. The number of anilines is 2. The molecule has 0 N–H and O–H groups in total. The fourth-order valence-electron chi connectivity index (χ4n) is 2.99. The molecular weight excluding hydrogens is 367 g/mol. The van der Waals surface area contributed by atoms with E-state index in [0.717, 1.165) is 43.1 Å². The molecule has 0 radical (unpaired) electrons. The normalized spacial score (nSPS) is 11.5. The Balaban J connectivity index is 2.40. The molecule has 0 aliphatic carbocycles. The smallest absolute Gasteiger partial charge is 0.423 e. The van der Waals surface area contributed by atoms with Crippen molar-refractivity contribution in [2.24, 2.45) is 0 Å². The number of hydrogen-bond acceptors (Lipinski definition) is 4. The summed E-state index contributed by atoms with van der Waals surface area (Å²) in [6, 6.07) is 7.83. The van der Waals surface area contributed by atoms with Crippen LogP contribution in [0.5, 0.6) is 5.88 Å². The van der Waals surface area contributed by atoms with Crippen LogP contribution < -0.4 is 9.64 Å². The minimum absolute atomic E-state index is 0.200. The second-order valence-electron chi connectivity index (χ2n) is 6.57. The maximum Gasteiger partial charge on any atom is 0.423 e. The van der Waals surface area contributed by atoms with Crippen LogP contribution in [0.2, 0.25) is 0 Å². The van der Waals surface area contributed by atoms with E-state index in [1.54, 1.807) is 0 Å². The van der Waals surface area contributed by atoms with Crippen LogP contribution in [0.25, 0.3) is 0 Å². The van der Waals surface area contributed by atoms with Gasteiger partial charge in [0.1, 0.15) is 5.56 Å². The van der Waals surface area contributed by atoms with Crippen molar-refractivity contribution in [2.75, 3.05) is 18.1 Å². The number of aryl methyl sites for hydroxylation is 1. The average molecular weight is 395 g/mol. The fourth-order valence-corrected chi connectivity index (χ4v) is 2.99. The van der Waals surface area contributed by atoms with E-state index in [1.807, 2.05) is 43.0 Å². The Morgan fingerprint density at radius 1 is 1.04 bits per heavy atom. The van der Waals surface area contributed by atoms with E-state index in [0.29, 0.717) is 13.0 Å². The molecule has 0 unspecified atom stereocenters. The van der Waals surface area contributed by atoms with Crippen molar-refractivity contribution in [3.8, 4) is 5.88 Å². The van der Waals surface area contributed by atoms with Gasteiger partial charge in [-0.1, -0.05) is 51.3 Å². The first-order valence-corrected chi connectivity index (χ1v) is 9.84. The van der Waals surface area contributed by atoms with Gasteiger partial charge in [-0.2, -0.15) is 18.2 Å². The van der Waals surface area contributed by atoms with E-state index in [4.69, 9.17) is 4.74 Å². The fraction of sp³-hybridized carbons (Fsp3) is 0.524. The molecule has 154 valence electrons. The lowest BCUT2D eigenvalue weighted by Gasteiger charge is -2.24. The van der Waals surface area contributed by atoms with Crippen molar-refractivity contribution in [1.82, 2.24) is 9.97 Å². The summed E-state index contributed by atoms with van der Waals surface area (Å²) in [5.41, 5.74) is 1.08. The Bertz CT molecular complexity index is 750. The van der Waals surface area contributed by atoms with Crippen molar-refractivity contribution in [2.45, 2.75) is 59.1 Å². The number of ether oxygens (including phenoxy) is 1. The summed E-state index contributed by atoms with van der Waals surface area (Å²) in [7, 11) is 0. The third kappa shape index (κ3) is 5.59. The maximum absolute atomic E-state index is 13.4. The first-order valence-electron chi connectivity index (χ1n) is 9.84. The monoisotopic (exact) mass is 395 g/mol. The summed E-state index contributed by atoms with van der Waals surface area (Å²) < 4.78 is 45.5. The number of halogens is 3. The molecule has 1 heterocycles. The third-order valence-electron chi connectivity index (χ3n) is 4.39. The number of para-hydroxylation sites is 1. The van der Waals surface area contributed by atoms with Gasteiger partial charge in [-0.05, 0) is 31.4 Å². The molecule has 0 aliphatic heterocycles. The molecule has 2 rings (SSSR count). The van der Waals surface area contributed by atoms with Crippen LogP contribution in [-0.2, 0) is 12.6 Å². The predicted molar refractivity (Wildman–Crippen MR) is 105 cm³/mol. The molecular formula is C21H28F3N3O. The molecule has 4 nitrogen and oxygen atoms in total. The van der Waals surface area contributed by atoms with E-state index < -0.39 is 17.6 Å². The second-order valence-corrected chi connectivity index (χ2v) is 6.57. The van der Waals surface area contributed by atoms with Gasteiger partial charge in [0.2, 0.25) is 11.8 Å². The van der Waals surface area contributed by atoms with Crippen molar-refractivity contribution < 1.29 is 17.9 Å². The summed E-state index contributed by atoms with van der Waals surface area (Å²) in [6.07, 6.45) is 0.636. The lowest BCUT2D eigenvalue weighted by atomic mass is 10.1. The molecule has 1 aromatic heterocycles. The molecule has 28 heavy (non-hydrogen) atoms. The van der Waals surface area contributed by atoms with Gasteiger partial charge in [-0.25, -0.2) is 4.98 Å². The zero-order valence-electron chi connectivity index (χ0n) is 16.7. The maximum atomic E-state index is 13.4. The summed E-state index contributed by atoms with van der Waals surface area (Å²) in [6.45, 7) is 6.76. The zero-order chi connectivity index (χ0) is 20.6. The zero-order valence-corrected chi connectivity index (χ0v) is 16.7. The highest BCUT2D eigenvalue weighted by molar-refractivity contribution is 5.62. The van der Waals surface area contributed by atoms with Crippen molar-refractivity contribution in [3.63, 3.8) is 0 Å². The Morgan fingerprint density at radius 2 is 1.79 bits per heavy atom. The average Bonchev–Trinajstić information content (AvgIpc) is 2.67. The van der Waals surface area contributed by atoms with Gasteiger partial charge in [-0.15, -0.1) is 0 Å². The number of nitrogens with zero attached hydrogens (tertiary/aromatic N) is 3. The molecule has 0 atom stereocenters. The molecule has 1 aromatic carbocycles. The lowest BCUT2D eigenvalue weighted by molar-refractivity contribution is -0.139. The highest BCUT2D eigenvalue weighted by Crippen LogP contribution is 2.36. The van der Waals surface area contributed by atoms with Gasteiger partial charge >= 0.3 is 6.18 Å². The van der Waals surface area contributed by atoms with Crippen LogP contribution in [-0.4, -0.2) is 23.1 Å². The minimum atomic E-state index is -4.56. The van der Waals surface area contributed by atoms with Gasteiger partial charge in [0.25, 0.3) is 0 Å². The Kier molecular flexibility index (Phi) is 8.08. The lowest BCUT2D eigenvalue weighted by Crippen LogP contribution is -2.22. The quantitative estimate of drug-likeness (QED) is 0.451. The van der Waals surface area contributed by atoms with Gasteiger partial charge in [0.15, 0.2) is 0 Å². The van der Waals surface area contributed by atoms with Crippen LogP contribution in [0, 0.1) is 0 Å². The van der Waals surface area contributed by atoms with Gasteiger partial charge in [0, 0.05) is 18.4 Å². The second kappa shape index (κ2) is 10.3. The van der Waals surface area contributed by atoms with E-state index in [-0.39, 0.29) is 12.6 Å². The number of hydrogen-bond donors (Lipinski definition) is 0. The number of alkyl halides is 3. The molecule has 2 aromatic rings. The molecule has 0 saturated carbocycles.